The molecule has 0 saturated heterocycles. The van der Waals surface area contributed by atoms with E-state index in [4.69, 9.17) is 4.74 Å². The highest BCUT2D eigenvalue weighted by Crippen LogP contribution is 2.01. The first-order valence-corrected chi connectivity index (χ1v) is 3.44. The number of carbonyl (C=O) groups excluding carboxylic acids is 1. The summed E-state index contributed by atoms with van der Waals surface area (Å²) in [7, 11) is 0. The first-order valence-electron chi connectivity index (χ1n) is 3.44. The average molecular weight is 141 g/mol. The van der Waals surface area contributed by atoms with Crippen LogP contribution in [0.4, 0.5) is 0 Å². The molecule has 56 valence electrons. The number of hydrogen-bond donors (Lipinski definition) is 1. The summed E-state index contributed by atoms with van der Waals surface area (Å²) in [5.41, 5.74) is 0. The van der Waals surface area contributed by atoms with E-state index in [0.29, 0.717) is 13.2 Å². The Labute approximate surface area is 60.1 Å². The van der Waals surface area contributed by atoms with E-state index in [-0.39, 0.29) is 5.91 Å². The molecule has 0 radical (unpaired) electrons. The van der Waals surface area contributed by atoms with Crippen LogP contribution in [0.15, 0.2) is 11.8 Å². The normalized spacial score (nSPS) is 16.5. The Morgan fingerprint density at radius 3 is 3.10 bits per heavy atom. The van der Waals surface area contributed by atoms with Crippen LogP contribution in [0.3, 0.4) is 0 Å². The molecule has 0 saturated carbocycles. The molecule has 0 spiro atoms. The molecule has 0 aromatic heterocycles. The molecule has 10 heavy (non-hydrogen) atoms. The van der Waals surface area contributed by atoms with Crippen LogP contribution in [0.2, 0.25) is 0 Å². The maximum atomic E-state index is 10.5. The van der Waals surface area contributed by atoms with Gasteiger partial charge in [-0.05, 0) is 6.42 Å². The van der Waals surface area contributed by atoms with E-state index in [0.717, 1.165) is 12.2 Å². The fraction of sp³-hybridized carbons (Fsp3) is 0.571. The van der Waals surface area contributed by atoms with Crippen molar-refractivity contribution in [2.24, 2.45) is 0 Å². The van der Waals surface area contributed by atoms with Gasteiger partial charge in [-0.1, -0.05) is 6.92 Å². The summed E-state index contributed by atoms with van der Waals surface area (Å²) in [5, 5.41) is 2.62. The largest absolute Gasteiger partial charge is 0.496 e. The number of hydrogen-bond acceptors (Lipinski definition) is 2. The van der Waals surface area contributed by atoms with E-state index in [1.165, 1.54) is 6.08 Å². The average Bonchev–Trinajstić information content (AvgIpc) is 2.31. The van der Waals surface area contributed by atoms with Gasteiger partial charge in [0, 0.05) is 6.08 Å². The van der Waals surface area contributed by atoms with Gasteiger partial charge in [-0.25, -0.2) is 0 Å². The predicted octanol–water partition coefficient (Wildman–Crippen LogP) is 0.427. The number of ether oxygens (including phenoxy) is 1. The van der Waals surface area contributed by atoms with Crippen molar-refractivity contribution in [2.45, 2.75) is 13.3 Å². The minimum Gasteiger partial charge on any atom is -0.496 e. The van der Waals surface area contributed by atoms with Gasteiger partial charge in [-0.15, -0.1) is 0 Å². The highest BCUT2D eigenvalue weighted by molar-refractivity contribution is 5.90. The van der Waals surface area contributed by atoms with E-state index in [1.807, 2.05) is 6.92 Å². The van der Waals surface area contributed by atoms with Crippen LogP contribution in [0.25, 0.3) is 0 Å². The summed E-state index contributed by atoms with van der Waals surface area (Å²) >= 11 is 0. The maximum Gasteiger partial charge on any atom is 0.247 e. The van der Waals surface area contributed by atoms with Crippen molar-refractivity contribution in [3.63, 3.8) is 0 Å². The molecule has 1 N–H and O–H groups in total. The Morgan fingerprint density at radius 2 is 2.60 bits per heavy atom. The summed E-state index contributed by atoms with van der Waals surface area (Å²) in [6.07, 6.45) is 2.47. The zero-order valence-corrected chi connectivity index (χ0v) is 6.02. The third kappa shape index (κ3) is 1.76. The van der Waals surface area contributed by atoms with Gasteiger partial charge in [0.1, 0.15) is 5.76 Å². The van der Waals surface area contributed by atoms with Crippen molar-refractivity contribution in [3.05, 3.63) is 11.8 Å². The number of carbonyl (C=O) groups is 1. The molecule has 1 aliphatic rings. The van der Waals surface area contributed by atoms with Gasteiger partial charge in [-0.2, -0.15) is 0 Å². The fourth-order valence-electron chi connectivity index (χ4n) is 0.748. The van der Waals surface area contributed by atoms with E-state index in [9.17, 15) is 4.79 Å². The molecule has 0 aliphatic carbocycles. The van der Waals surface area contributed by atoms with Crippen molar-refractivity contribution in [1.82, 2.24) is 5.32 Å². The first kappa shape index (κ1) is 7.12. The molecule has 1 rings (SSSR count). The second-order valence-corrected chi connectivity index (χ2v) is 2.18. The number of nitrogens with one attached hydrogen (secondary N) is 1. The number of amides is 1. The third-order valence-corrected chi connectivity index (χ3v) is 1.22. The summed E-state index contributed by atoms with van der Waals surface area (Å²) in [5.74, 6) is 0.706. The second-order valence-electron chi connectivity index (χ2n) is 2.18. The predicted molar refractivity (Wildman–Crippen MR) is 37.3 cm³/mol. The standard InChI is InChI=1S/C7H11NO2/c1-2-3-10-6-4-7(9)8-5-6/h4H,2-3,5H2,1H3,(H,8,9). The van der Waals surface area contributed by atoms with Gasteiger partial charge in [0.15, 0.2) is 0 Å². The minimum absolute atomic E-state index is 0.0499. The van der Waals surface area contributed by atoms with Gasteiger partial charge in [0.2, 0.25) is 5.91 Å². The molecular formula is C7H11NO2. The van der Waals surface area contributed by atoms with Crippen molar-refractivity contribution < 1.29 is 9.53 Å². The molecule has 0 aromatic rings. The highest BCUT2D eigenvalue weighted by atomic mass is 16.5. The van der Waals surface area contributed by atoms with E-state index < -0.39 is 0 Å². The van der Waals surface area contributed by atoms with Crippen molar-refractivity contribution in [2.75, 3.05) is 13.2 Å². The Morgan fingerprint density at radius 1 is 1.80 bits per heavy atom. The molecule has 0 fully saturated rings. The maximum absolute atomic E-state index is 10.5. The Balaban J connectivity index is 2.28. The lowest BCUT2D eigenvalue weighted by atomic mass is 10.5. The van der Waals surface area contributed by atoms with Crippen molar-refractivity contribution in [3.8, 4) is 0 Å². The molecule has 0 aromatic carbocycles. The summed E-state index contributed by atoms with van der Waals surface area (Å²) in [4.78, 5) is 10.5. The molecule has 0 bridgehead atoms. The summed E-state index contributed by atoms with van der Waals surface area (Å²) in [6, 6.07) is 0. The quantitative estimate of drug-likeness (QED) is 0.618. The topological polar surface area (TPSA) is 38.3 Å². The van der Waals surface area contributed by atoms with Crippen molar-refractivity contribution in [1.29, 1.82) is 0 Å². The zero-order chi connectivity index (χ0) is 7.40. The lowest BCUT2D eigenvalue weighted by Gasteiger charge is -2.02. The minimum atomic E-state index is -0.0499. The zero-order valence-electron chi connectivity index (χ0n) is 6.02. The summed E-state index contributed by atoms with van der Waals surface area (Å²) in [6.45, 7) is 3.28. The van der Waals surface area contributed by atoms with Crippen LogP contribution < -0.4 is 5.32 Å². The Bertz CT molecular complexity index is 163. The Kier molecular flexibility index (Phi) is 2.31. The molecule has 1 heterocycles. The van der Waals surface area contributed by atoms with Gasteiger partial charge in [-0.3, -0.25) is 4.79 Å². The Hall–Kier alpha value is -0.990. The molecule has 1 aliphatic heterocycles. The third-order valence-electron chi connectivity index (χ3n) is 1.22. The lowest BCUT2D eigenvalue weighted by Crippen LogP contribution is -2.15. The molecule has 0 unspecified atom stereocenters. The van der Waals surface area contributed by atoms with E-state index in [2.05, 4.69) is 5.32 Å². The number of rotatable bonds is 3. The van der Waals surface area contributed by atoms with E-state index >= 15 is 0 Å². The molecule has 1 amide bonds. The second kappa shape index (κ2) is 3.25. The van der Waals surface area contributed by atoms with Gasteiger partial charge >= 0.3 is 0 Å². The van der Waals surface area contributed by atoms with Crippen LogP contribution in [-0.2, 0) is 9.53 Å². The molecule has 3 nitrogen and oxygen atoms in total. The van der Waals surface area contributed by atoms with Crippen LogP contribution in [0.5, 0.6) is 0 Å². The van der Waals surface area contributed by atoms with E-state index in [1.54, 1.807) is 0 Å². The molecular weight excluding hydrogens is 130 g/mol. The lowest BCUT2D eigenvalue weighted by molar-refractivity contribution is -0.115. The van der Waals surface area contributed by atoms with Gasteiger partial charge < -0.3 is 10.1 Å². The van der Waals surface area contributed by atoms with Crippen LogP contribution >= 0.6 is 0 Å². The SMILES string of the molecule is CCCOC1=CC(=O)NC1. The van der Waals surface area contributed by atoms with Crippen LogP contribution in [-0.4, -0.2) is 19.1 Å². The van der Waals surface area contributed by atoms with Crippen molar-refractivity contribution >= 4 is 5.91 Å². The van der Waals surface area contributed by atoms with Crippen LogP contribution in [0.1, 0.15) is 13.3 Å². The molecule has 0 atom stereocenters. The summed E-state index contributed by atoms with van der Waals surface area (Å²) < 4.78 is 5.20. The highest BCUT2D eigenvalue weighted by Gasteiger charge is 2.10. The monoisotopic (exact) mass is 141 g/mol. The fourth-order valence-corrected chi connectivity index (χ4v) is 0.748. The van der Waals surface area contributed by atoms with Crippen LogP contribution in [0, 0.1) is 0 Å². The van der Waals surface area contributed by atoms with Gasteiger partial charge in [0.05, 0.1) is 13.2 Å². The molecule has 3 heteroatoms. The first-order chi connectivity index (χ1) is 4.83. The van der Waals surface area contributed by atoms with Gasteiger partial charge in [0.25, 0.3) is 0 Å². The smallest absolute Gasteiger partial charge is 0.247 e.